The molecule has 1 heterocycles. The number of fused-ring (bicyclic) bond motifs is 1. The monoisotopic (exact) mass is 232 g/mol. The van der Waals surface area contributed by atoms with E-state index >= 15 is 0 Å². The van der Waals surface area contributed by atoms with Crippen LogP contribution >= 0.6 is 0 Å². The summed E-state index contributed by atoms with van der Waals surface area (Å²) in [5.74, 6) is 0.675. The van der Waals surface area contributed by atoms with Gasteiger partial charge in [-0.1, -0.05) is 0 Å². The molecule has 1 fully saturated rings. The zero-order valence-electron chi connectivity index (χ0n) is 9.63. The molecule has 3 rings (SSSR count). The minimum absolute atomic E-state index is 0.0432. The molecule has 1 aliphatic carbocycles. The number of carbonyl (C=O) groups excluding carboxylic acids is 1. The summed E-state index contributed by atoms with van der Waals surface area (Å²) in [5, 5.41) is 0.698. The lowest BCUT2D eigenvalue weighted by atomic mass is 10.1. The second-order valence-corrected chi connectivity index (χ2v) is 4.77. The zero-order chi connectivity index (χ0) is 12.0. The van der Waals surface area contributed by atoms with E-state index in [0.29, 0.717) is 29.1 Å². The molecule has 1 saturated carbocycles. The normalized spacial score (nSPS) is 15.4. The van der Waals surface area contributed by atoms with Crippen LogP contribution in [0.4, 0.5) is 4.39 Å². The zero-order valence-corrected chi connectivity index (χ0v) is 9.63. The maximum Gasteiger partial charge on any atom is 0.198 e. The molecule has 3 heteroatoms. The fourth-order valence-corrected chi connectivity index (χ4v) is 2.14. The smallest absolute Gasteiger partial charge is 0.198 e. The molecule has 0 spiro atoms. The molecule has 1 aromatic heterocycles. The lowest BCUT2D eigenvalue weighted by Gasteiger charge is -1.95. The number of hydrogen-bond acceptors (Lipinski definition) is 2. The average Bonchev–Trinajstić information content (AvgIpc) is 3.04. The maximum absolute atomic E-state index is 13.1. The van der Waals surface area contributed by atoms with E-state index in [1.807, 2.05) is 6.92 Å². The van der Waals surface area contributed by atoms with Gasteiger partial charge in [0.05, 0.1) is 0 Å². The summed E-state index contributed by atoms with van der Waals surface area (Å²) in [5.41, 5.74) is 1.34. The van der Waals surface area contributed by atoms with E-state index in [-0.39, 0.29) is 11.6 Å². The van der Waals surface area contributed by atoms with Crippen molar-refractivity contribution in [1.29, 1.82) is 0 Å². The molecule has 0 amide bonds. The van der Waals surface area contributed by atoms with Gasteiger partial charge < -0.3 is 4.42 Å². The van der Waals surface area contributed by atoms with E-state index in [4.69, 9.17) is 4.42 Å². The van der Waals surface area contributed by atoms with Gasteiger partial charge in [0.25, 0.3) is 0 Å². The summed E-state index contributed by atoms with van der Waals surface area (Å²) in [4.78, 5) is 12.0. The quantitative estimate of drug-likeness (QED) is 0.752. The van der Waals surface area contributed by atoms with Gasteiger partial charge in [0.15, 0.2) is 11.5 Å². The van der Waals surface area contributed by atoms with Gasteiger partial charge in [0.2, 0.25) is 0 Å². The van der Waals surface area contributed by atoms with Crippen molar-refractivity contribution >= 4 is 16.8 Å². The number of rotatable bonds is 3. The minimum atomic E-state index is -0.303. The van der Waals surface area contributed by atoms with Gasteiger partial charge in [-0.2, -0.15) is 0 Å². The Balaban J connectivity index is 2.03. The molecule has 0 unspecified atom stereocenters. The van der Waals surface area contributed by atoms with Crippen molar-refractivity contribution in [2.75, 3.05) is 0 Å². The molecule has 1 aromatic carbocycles. The van der Waals surface area contributed by atoms with Crippen LogP contribution in [0.25, 0.3) is 11.0 Å². The van der Waals surface area contributed by atoms with Crippen molar-refractivity contribution in [3.8, 4) is 0 Å². The molecular formula is C14H13FO2. The predicted octanol–water partition coefficient (Wildman–Crippen LogP) is 3.86. The Morgan fingerprint density at radius 1 is 1.47 bits per heavy atom. The topological polar surface area (TPSA) is 30.2 Å². The second kappa shape index (κ2) is 3.69. The number of benzene rings is 1. The molecule has 1 aliphatic rings. The van der Waals surface area contributed by atoms with Gasteiger partial charge in [-0.25, -0.2) is 4.39 Å². The highest BCUT2D eigenvalue weighted by Gasteiger charge is 2.27. The Bertz CT molecular complexity index is 594. The van der Waals surface area contributed by atoms with Crippen LogP contribution in [0.5, 0.6) is 0 Å². The lowest BCUT2D eigenvalue weighted by Crippen LogP contribution is -1.99. The van der Waals surface area contributed by atoms with Crippen LogP contribution < -0.4 is 0 Å². The lowest BCUT2D eigenvalue weighted by molar-refractivity contribution is 0.0950. The summed E-state index contributed by atoms with van der Waals surface area (Å²) in [6.07, 6.45) is 2.84. The van der Waals surface area contributed by atoms with Crippen molar-refractivity contribution in [1.82, 2.24) is 0 Å². The highest BCUT2D eigenvalue weighted by molar-refractivity contribution is 6.00. The van der Waals surface area contributed by atoms with Crippen LogP contribution in [-0.2, 0) is 0 Å². The third kappa shape index (κ3) is 1.86. The number of halogens is 1. The number of aryl methyl sites for hydroxylation is 1. The molecular weight excluding hydrogens is 219 g/mol. The molecule has 2 nitrogen and oxygen atoms in total. The first kappa shape index (κ1) is 10.5. The van der Waals surface area contributed by atoms with Crippen LogP contribution in [-0.4, -0.2) is 5.78 Å². The van der Waals surface area contributed by atoms with Crippen LogP contribution in [0.2, 0.25) is 0 Å². The molecule has 0 aliphatic heterocycles. The first-order chi connectivity index (χ1) is 8.15. The van der Waals surface area contributed by atoms with Crippen LogP contribution in [0.15, 0.2) is 22.6 Å². The summed E-state index contributed by atoms with van der Waals surface area (Å²) in [6, 6.07) is 4.34. The summed E-state index contributed by atoms with van der Waals surface area (Å²) in [7, 11) is 0. The van der Waals surface area contributed by atoms with E-state index in [2.05, 4.69) is 0 Å². The van der Waals surface area contributed by atoms with Crippen molar-refractivity contribution < 1.29 is 13.6 Å². The largest absolute Gasteiger partial charge is 0.453 e. The predicted molar refractivity (Wildman–Crippen MR) is 62.6 cm³/mol. The van der Waals surface area contributed by atoms with Gasteiger partial charge in [-0.05, 0) is 43.9 Å². The standard InChI is InChI=1S/C14H13FO2/c1-8-11-7-10(15)4-5-13(11)17-14(8)12(16)6-9-2-3-9/h4-5,7,9H,2-3,6H2,1H3. The maximum atomic E-state index is 13.1. The number of furan rings is 1. The molecule has 0 bridgehead atoms. The Kier molecular flexibility index (Phi) is 2.28. The van der Waals surface area contributed by atoms with Crippen LogP contribution in [0.3, 0.4) is 0 Å². The average molecular weight is 232 g/mol. The van der Waals surface area contributed by atoms with Crippen molar-refractivity contribution in [3.63, 3.8) is 0 Å². The highest BCUT2D eigenvalue weighted by atomic mass is 19.1. The minimum Gasteiger partial charge on any atom is -0.453 e. The van der Waals surface area contributed by atoms with Gasteiger partial charge in [0.1, 0.15) is 11.4 Å². The number of carbonyl (C=O) groups is 1. The van der Waals surface area contributed by atoms with Crippen LogP contribution in [0, 0.1) is 18.7 Å². The van der Waals surface area contributed by atoms with E-state index < -0.39 is 0 Å². The van der Waals surface area contributed by atoms with Gasteiger partial charge in [-0.3, -0.25) is 4.79 Å². The molecule has 0 atom stereocenters. The van der Waals surface area contributed by atoms with Crippen molar-refractivity contribution in [2.45, 2.75) is 26.2 Å². The van der Waals surface area contributed by atoms with Crippen molar-refractivity contribution in [3.05, 3.63) is 35.3 Å². The van der Waals surface area contributed by atoms with Gasteiger partial charge >= 0.3 is 0 Å². The summed E-state index contributed by atoms with van der Waals surface area (Å²) < 4.78 is 18.6. The highest BCUT2D eigenvalue weighted by Crippen LogP contribution is 2.35. The first-order valence-corrected chi connectivity index (χ1v) is 5.87. The van der Waals surface area contributed by atoms with E-state index in [9.17, 15) is 9.18 Å². The Morgan fingerprint density at radius 2 is 2.24 bits per heavy atom. The molecule has 0 saturated heterocycles. The molecule has 0 N–H and O–H groups in total. The molecule has 17 heavy (non-hydrogen) atoms. The van der Waals surface area contributed by atoms with Gasteiger partial charge in [0, 0.05) is 17.4 Å². The van der Waals surface area contributed by atoms with E-state index in [1.54, 1.807) is 6.07 Å². The number of hydrogen-bond donors (Lipinski definition) is 0. The van der Waals surface area contributed by atoms with E-state index in [1.165, 1.54) is 12.1 Å². The Labute approximate surface area is 98.4 Å². The number of ketones is 1. The fraction of sp³-hybridized carbons (Fsp3) is 0.357. The van der Waals surface area contributed by atoms with Gasteiger partial charge in [-0.15, -0.1) is 0 Å². The fourth-order valence-electron chi connectivity index (χ4n) is 2.14. The third-order valence-corrected chi connectivity index (χ3v) is 3.32. The Morgan fingerprint density at radius 3 is 2.94 bits per heavy atom. The third-order valence-electron chi connectivity index (χ3n) is 3.32. The molecule has 2 aromatic rings. The SMILES string of the molecule is Cc1c(C(=O)CC2CC2)oc2ccc(F)cc12. The van der Waals surface area contributed by atoms with E-state index in [0.717, 1.165) is 18.4 Å². The summed E-state index contributed by atoms with van der Waals surface area (Å²) in [6.45, 7) is 1.81. The van der Waals surface area contributed by atoms with Crippen LogP contribution in [0.1, 0.15) is 35.4 Å². The molecule has 0 radical (unpaired) electrons. The van der Waals surface area contributed by atoms with Crippen molar-refractivity contribution in [2.24, 2.45) is 5.92 Å². The Hall–Kier alpha value is -1.64. The molecule has 88 valence electrons. The summed E-state index contributed by atoms with van der Waals surface area (Å²) >= 11 is 0. The number of Topliss-reactive ketones (excluding diaryl/α,β-unsaturated/α-hetero) is 1. The second-order valence-electron chi connectivity index (χ2n) is 4.77. The first-order valence-electron chi connectivity index (χ1n) is 5.87.